The molecule has 1 saturated heterocycles. The van der Waals surface area contributed by atoms with Crippen LogP contribution in [-0.2, 0) is 0 Å². The van der Waals surface area contributed by atoms with Gasteiger partial charge < -0.3 is 15.5 Å². The lowest BCUT2D eigenvalue weighted by atomic mass is 10.1. The van der Waals surface area contributed by atoms with Crippen molar-refractivity contribution in [1.29, 1.82) is 0 Å². The number of piperidine rings is 1. The third-order valence-electron chi connectivity index (χ3n) is 3.97. The van der Waals surface area contributed by atoms with Crippen molar-refractivity contribution in [3.05, 3.63) is 24.2 Å². The molecular formula is C16H28N4O. The SMILES string of the molecule is CCCCNC(N)=NCC(c1ccco1)N1CCCCC1. The van der Waals surface area contributed by atoms with Crippen LogP contribution >= 0.6 is 0 Å². The molecule has 1 fully saturated rings. The Morgan fingerprint density at radius 2 is 2.24 bits per heavy atom. The van der Waals surface area contributed by atoms with Crippen LogP contribution in [0.5, 0.6) is 0 Å². The van der Waals surface area contributed by atoms with Crippen LogP contribution in [0.4, 0.5) is 0 Å². The highest BCUT2D eigenvalue weighted by atomic mass is 16.3. The molecule has 0 aromatic carbocycles. The van der Waals surface area contributed by atoms with Crippen LogP contribution in [0.1, 0.15) is 50.8 Å². The predicted molar refractivity (Wildman–Crippen MR) is 86.3 cm³/mol. The molecule has 1 aromatic heterocycles. The van der Waals surface area contributed by atoms with Gasteiger partial charge >= 0.3 is 0 Å². The van der Waals surface area contributed by atoms with Gasteiger partial charge in [0, 0.05) is 6.54 Å². The minimum absolute atomic E-state index is 0.201. The van der Waals surface area contributed by atoms with E-state index >= 15 is 0 Å². The topological polar surface area (TPSA) is 66.8 Å². The maximum atomic E-state index is 5.94. The van der Waals surface area contributed by atoms with Gasteiger partial charge in [-0.1, -0.05) is 19.8 Å². The molecule has 5 heteroatoms. The van der Waals surface area contributed by atoms with E-state index in [1.165, 1.54) is 19.3 Å². The van der Waals surface area contributed by atoms with Gasteiger partial charge in [0.25, 0.3) is 0 Å². The Labute approximate surface area is 127 Å². The molecule has 3 N–H and O–H groups in total. The standard InChI is InChI=1S/C16H28N4O/c1-2-3-9-18-16(17)19-13-14(15-8-7-12-21-15)20-10-5-4-6-11-20/h7-8,12,14H,2-6,9-11,13H2,1H3,(H3,17,18,19). The third kappa shape index (κ3) is 5.08. The van der Waals surface area contributed by atoms with Gasteiger partial charge in [0.2, 0.25) is 0 Å². The van der Waals surface area contributed by atoms with E-state index in [0.29, 0.717) is 12.5 Å². The van der Waals surface area contributed by atoms with Gasteiger partial charge in [0.1, 0.15) is 5.76 Å². The molecule has 21 heavy (non-hydrogen) atoms. The summed E-state index contributed by atoms with van der Waals surface area (Å²) in [5, 5.41) is 3.17. The fourth-order valence-electron chi connectivity index (χ4n) is 2.73. The number of hydrogen-bond donors (Lipinski definition) is 2. The number of hydrogen-bond acceptors (Lipinski definition) is 3. The minimum Gasteiger partial charge on any atom is -0.468 e. The van der Waals surface area contributed by atoms with Crippen LogP contribution in [0.3, 0.4) is 0 Å². The number of nitrogens with one attached hydrogen (secondary N) is 1. The Kier molecular flexibility index (Phi) is 6.60. The fraction of sp³-hybridized carbons (Fsp3) is 0.688. The molecule has 1 aliphatic rings. The van der Waals surface area contributed by atoms with Crippen molar-refractivity contribution < 1.29 is 4.42 Å². The molecule has 2 heterocycles. The number of guanidine groups is 1. The maximum absolute atomic E-state index is 5.94. The van der Waals surface area contributed by atoms with E-state index in [4.69, 9.17) is 10.2 Å². The van der Waals surface area contributed by atoms with Crippen LogP contribution in [0.2, 0.25) is 0 Å². The first-order valence-corrected chi connectivity index (χ1v) is 8.12. The molecule has 0 saturated carbocycles. The summed E-state index contributed by atoms with van der Waals surface area (Å²) in [6.45, 7) is 5.94. The zero-order valence-electron chi connectivity index (χ0n) is 13.1. The first kappa shape index (κ1) is 15.9. The van der Waals surface area contributed by atoms with Gasteiger partial charge in [0.15, 0.2) is 5.96 Å². The second-order valence-corrected chi connectivity index (χ2v) is 5.63. The summed E-state index contributed by atoms with van der Waals surface area (Å²) < 4.78 is 5.61. The van der Waals surface area contributed by atoms with Crippen LogP contribution in [0.15, 0.2) is 27.8 Å². The van der Waals surface area contributed by atoms with Gasteiger partial charge in [-0.15, -0.1) is 0 Å². The summed E-state index contributed by atoms with van der Waals surface area (Å²) in [5.41, 5.74) is 5.94. The monoisotopic (exact) mass is 292 g/mol. The molecule has 1 atom stereocenters. The molecule has 1 unspecified atom stereocenters. The number of unbranched alkanes of at least 4 members (excludes halogenated alkanes) is 1. The summed E-state index contributed by atoms with van der Waals surface area (Å²) in [6, 6.07) is 4.18. The average Bonchev–Trinajstić information content (AvgIpc) is 3.03. The van der Waals surface area contributed by atoms with E-state index in [-0.39, 0.29) is 6.04 Å². The van der Waals surface area contributed by atoms with Crippen molar-refractivity contribution in [2.45, 2.75) is 45.1 Å². The summed E-state index contributed by atoms with van der Waals surface area (Å²) in [7, 11) is 0. The van der Waals surface area contributed by atoms with E-state index in [1.54, 1.807) is 6.26 Å². The van der Waals surface area contributed by atoms with Crippen LogP contribution < -0.4 is 11.1 Å². The van der Waals surface area contributed by atoms with Gasteiger partial charge in [-0.25, -0.2) is 0 Å². The van der Waals surface area contributed by atoms with Crippen LogP contribution in [0.25, 0.3) is 0 Å². The van der Waals surface area contributed by atoms with E-state index in [9.17, 15) is 0 Å². The smallest absolute Gasteiger partial charge is 0.188 e. The number of likely N-dealkylation sites (tertiary alicyclic amines) is 1. The lowest BCUT2D eigenvalue weighted by molar-refractivity contribution is 0.150. The first-order chi connectivity index (χ1) is 10.3. The summed E-state index contributed by atoms with van der Waals surface area (Å²) in [4.78, 5) is 6.97. The normalized spacial score (nSPS) is 18.6. The lowest BCUT2D eigenvalue weighted by Gasteiger charge is -2.32. The lowest BCUT2D eigenvalue weighted by Crippen LogP contribution is -2.37. The highest BCUT2D eigenvalue weighted by Crippen LogP contribution is 2.25. The predicted octanol–water partition coefficient (Wildman–Crippen LogP) is 2.51. The largest absolute Gasteiger partial charge is 0.468 e. The Morgan fingerprint density at radius 3 is 2.90 bits per heavy atom. The number of furan rings is 1. The number of rotatable bonds is 7. The third-order valence-corrected chi connectivity index (χ3v) is 3.97. The van der Waals surface area contributed by atoms with Gasteiger partial charge in [-0.3, -0.25) is 9.89 Å². The van der Waals surface area contributed by atoms with Gasteiger partial charge in [0.05, 0.1) is 18.8 Å². The maximum Gasteiger partial charge on any atom is 0.188 e. The molecule has 0 bridgehead atoms. The molecule has 1 aromatic rings. The number of nitrogens with two attached hydrogens (primary N) is 1. The molecule has 0 radical (unpaired) electrons. The summed E-state index contributed by atoms with van der Waals surface area (Å²) >= 11 is 0. The summed E-state index contributed by atoms with van der Waals surface area (Å²) in [5.74, 6) is 1.53. The second-order valence-electron chi connectivity index (χ2n) is 5.63. The molecule has 0 aliphatic carbocycles. The average molecular weight is 292 g/mol. The molecule has 0 spiro atoms. The molecule has 0 amide bonds. The first-order valence-electron chi connectivity index (χ1n) is 8.12. The summed E-state index contributed by atoms with van der Waals surface area (Å²) in [6.07, 6.45) is 7.84. The van der Waals surface area contributed by atoms with Crippen molar-refractivity contribution in [2.24, 2.45) is 10.7 Å². The van der Waals surface area contributed by atoms with Crippen LogP contribution in [0, 0.1) is 0 Å². The molecule has 2 rings (SSSR count). The Bertz CT molecular complexity index is 410. The quantitative estimate of drug-likeness (QED) is 0.460. The van der Waals surface area contributed by atoms with Crippen molar-refractivity contribution >= 4 is 5.96 Å². The number of aliphatic imine (C=N–C) groups is 1. The van der Waals surface area contributed by atoms with E-state index in [0.717, 1.165) is 38.2 Å². The van der Waals surface area contributed by atoms with Crippen molar-refractivity contribution in [2.75, 3.05) is 26.2 Å². The van der Waals surface area contributed by atoms with Crippen LogP contribution in [-0.4, -0.2) is 37.0 Å². The Morgan fingerprint density at radius 1 is 1.43 bits per heavy atom. The van der Waals surface area contributed by atoms with Gasteiger partial charge in [-0.05, 0) is 44.5 Å². The Balaban J connectivity index is 1.94. The van der Waals surface area contributed by atoms with Crippen molar-refractivity contribution in [1.82, 2.24) is 10.2 Å². The minimum atomic E-state index is 0.201. The highest BCUT2D eigenvalue weighted by molar-refractivity contribution is 5.77. The molecule has 118 valence electrons. The molecule has 5 nitrogen and oxygen atoms in total. The van der Waals surface area contributed by atoms with E-state index < -0.39 is 0 Å². The second kappa shape index (κ2) is 8.72. The molecular weight excluding hydrogens is 264 g/mol. The fourth-order valence-corrected chi connectivity index (χ4v) is 2.73. The highest BCUT2D eigenvalue weighted by Gasteiger charge is 2.24. The molecule has 1 aliphatic heterocycles. The van der Waals surface area contributed by atoms with Crippen molar-refractivity contribution in [3.63, 3.8) is 0 Å². The number of nitrogens with zero attached hydrogens (tertiary/aromatic N) is 2. The van der Waals surface area contributed by atoms with E-state index in [2.05, 4.69) is 22.1 Å². The van der Waals surface area contributed by atoms with E-state index in [1.807, 2.05) is 12.1 Å². The van der Waals surface area contributed by atoms with Crippen molar-refractivity contribution in [3.8, 4) is 0 Å². The zero-order valence-corrected chi connectivity index (χ0v) is 13.1. The Hall–Kier alpha value is -1.49. The zero-order chi connectivity index (χ0) is 14.9. The van der Waals surface area contributed by atoms with Gasteiger partial charge in [-0.2, -0.15) is 0 Å².